The zero-order valence-corrected chi connectivity index (χ0v) is 10.6. The van der Waals surface area contributed by atoms with Gasteiger partial charge in [-0.1, -0.05) is 12.1 Å². The number of carbonyl (C=O) groups excluding carboxylic acids is 1. The highest BCUT2D eigenvalue weighted by molar-refractivity contribution is 7.85. The summed E-state index contributed by atoms with van der Waals surface area (Å²) in [4.78, 5) is 21.3. The highest BCUT2D eigenvalue weighted by atomic mass is 32.2. The minimum Gasteiger partial charge on any atom is -0.464 e. The van der Waals surface area contributed by atoms with Crippen LogP contribution >= 0.6 is 0 Å². The highest BCUT2D eigenvalue weighted by Gasteiger charge is 2.20. The van der Waals surface area contributed by atoms with Crippen molar-refractivity contribution in [1.82, 2.24) is 0 Å². The molecule has 0 aliphatic rings. The Hall–Kier alpha value is -2.27. The van der Waals surface area contributed by atoms with Crippen molar-refractivity contribution in [1.29, 1.82) is 5.26 Å². The molecule has 0 saturated carbocycles. The van der Waals surface area contributed by atoms with E-state index in [2.05, 4.69) is 4.74 Å². The Kier molecular flexibility index (Phi) is 5.63. The molecule has 0 spiro atoms. The van der Waals surface area contributed by atoms with Crippen LogP contribution in [-0.4, -0.2) is 27.5 Å². The zero-order chi connectivity index (χ0) is 14.3. The number of nitro groups is 1. The summed E-state index contributed by atoms with van der Waals surface area (Å²) >= 11 is 0. The van der Waals surface area contributed by atoms with Gasteiger partial charge in [0.25, 0.3) is 5.69 Å². The lowest BCUT2D eigenvalue weighted by atomic mass is 10.3. The summed E-state index contributed by atoms with van der Waals surface area (Å²) in [6.07, 6.45) is 0.0455. The molecular formula is C11H10N2O5S. The molecule has 0 aliphatic carbocycles. The smallest absolute Gasteiger partial charge is 0.318 e. The Labute approximate surface area is 111 Å². The van der Waals surface area contributed by atoms with Gasteiger partial charge in [0, 0.05) is 6.07 Å². The molecule has 0 radical (unpaired) electrons. The number of nitrogens with zero attached hydrogens (tertiary/aromatic N) is 2. The van der Waals surface area contributed by atoms with Gasteiger partial charge in [-0.3, -0.25) is 19.1 Å². The van der Waals surface area contributed by atoms with Crippen molar-refractivity contribution in [2.24, 2.45) is 0 Å². The van der Waals surface area contributed by atoms with Crippen molar-refractivity contribution in [3.63, 3.8) is 0 Å². The van der Waals surface area contributed by atoms with Crippen LogP contribution in [0.1, 0.15) is 6.42 Å². The average Bonchev–Trinajstić information content (AvgIpc) is 2.39. The zero-order valence-electron chi connectivity index (χ0n) is 9.77. The van der Waals surface area contributed by atoms with Gasteiger partial charge < -0.3 is 4.74 Å². The van der Waals surface area contributed by atoms with Gasteiger partial charge in [-0.2, -0.15) is 5.26 Å². The molecule has 0 N–H and O–H groups in total. The fourth-order valence-corrected chi connectivity index (χ4v) is 2.30. The van der Waals surface area contributed by atoms with E-state index in [1.54, 1.807) is 6.07 Å². The molecule has 1 aromatic carbocycles. The van der Waals surface area contributed by atoms with E-state index in [0.717, 1.165) is 0 Å². The molecule has 1 aromatic rings. The third kappa shape index (κ3) is 4.48. The fraction of sp³-hybridized carbons (Fsp3) is 0.273. The van der Waals surface area contributed by atoms with Crippen LogP contribution in [0.2, 0.25) is 0 Å². The molecule has 0 bridgehead atoms. The van der Waals surface area contributed by atoms with Crippen LogP contribution in [0.15, 0.2) is 29.2 Å². The monoisotopic (exact) mass is 282 g/mol. The van der Waals surface area contributed by atoms with Crippen LogP contribution in [0, 0.1) is 21.4 Å². The molecule has 8 heteroatoms. The number of nitriles is 1. The van der Waals surface area contributed by atoms with E-state index in [1.807, 2.05) is 0 Å². The van der Waals surface area contributed by atoms with Crippen molar-refractivity contribution < 1.29 is 18.7 Å². The van der Waals surface area contributed by atoms with E-state index >= 15 is 0 Å². The fourth-order valence-electron chi connectivity index (χ4n) is 1.24. The van der Waals surface area contributed by atoms with Gasteiger partial charge in [-0.05, 0) is 6.07 Å². The van der Waals surface area contributed by atoms with E-state index in [-0.39, 0.29) is 23.6 Å². The van der Waals surface area contributed by atoms with Crippen LogP contribution in [0.3, 0.4) is 0 Å². The van der Waals surface area contributed by atoms with Crippen LogP contribution in [0.4, 0.5) is 5.69 Å². The predicted octanol–water partition coefficient (Wildman–Crippen LogP) is 1.16. The first kappa shape index (κ1) is 14.8. The molecular weight excluding hydrogens is 272 g/mol. The number of para-hydroxylation sites is 1. The topological polar surface area (TPSA) is 110 Å². The minimum absolute atomic E-state index is 0.0234. The number of nitro benzene ring substituents is 1. The first-order chi connectivity index (χ1) is 9.06. The summed E-state index contributed by atoms with van der Waals surface area (Å²) in [6, 6.07) is 7.29. The standard InChI is InChI=1S/C11H10N2O5S/c12-6-3-7-18-11(14)8-19(17)10-5-2-1-4-9(10)13(15)16/h1-2,4-5H,3,7-8H2. The number of benzene rings is 1. The summed E-state index contributed by atoms with van der Waals surface area (Å²) in [6.45, 7) is -0.0799. The average molecular weight is 282 g/mol. The lowest BCUT2D eigenvalue weighted by molar-refractivity contribution is -0.387. The third-order valence-corrected chi connectivity index (χ3v) is 3.37. The van der Waals surface area contributed by atoms with Gasteiger partial charge in [0.2, 0.25) is 0 Å². The summed E-state index contributed by atoms with van der Waals surface area (Å²) in [7, 11) is -1.85. The van der Waals surface area contributed by atoms with Crippen LogP contribution < -0.4 is 0 Å². The molecule has 1 unspecified atom stereocenters. The Morgan fingerprint density at radius 1 is 1.47 bits per heavy atom. The molecule has 0 aliphatic heterocycles. The SMILES string of the molecule is N#CCCOC(=O)CS(=O)c1ccccc1[N+](=O)[O-]. The second-order valence-corrected chi connectivity index (χ2v) is 4.76. The van der Waals surface area contributed by atoms with Gasteiger partial charge in [0.1, 0.15) is 17.3 Å². The van der Waals surface area contributed by atoms with Crippen molar-refractivity contribution >= 4 is 22.5 Å². The Morgan fingerprint density at radius 3 is 2.79 bits per heavy atom. The molecule has 100 valence electrons. The van der Waals surface area contributed by atoms with E-state index < -0.39 is 27.4 Å². The molecule has 0 aromatic heterocycles. The largest absolute Gasteiger partial charge is 0.464 e. The first-order valence-corrected chi connectivity index (χ1v) is 6.52. The molecule has 0 heterocycles. The number of esters is 1. The molecule has 1 atom stereocenters. The van der Waals surface area contributed by atoms with Crippen LogP contribution in [-0.2, 0) is 20.3 Å². The summed E-state index contributed by atoms with van der Waals surface area (Å²) in [5, 5.41) is 19.0. The van der Waals surface area contributed by atoms with Crippen LogP contribution in [0.25, 0.3) is 0 Å². The molecule has 19 heavy (non-hydrogen) atoms. The van der Waals surface area contributed by atoms with Gasteiger partial charge >= 0.3 is 5.97 Å². The molecule has 0 saturated heterocycles. The molecule has 0 amide bonds. The van der Waals surface area contributed by atoms with Gasteiger partial charge in [0.05, 0.1) is 28.2 Å². The maximum Gasteiger partial charge on any atom is 0.318 e. The quantitative estimate of drug-likeness (QED) is 0.335. The van der Waals surface area contributed by atoms with E-state index in [9.17, 15) is 19.1 Å². The Balaban J connectivity index is 2.71. The Bertz CT molecular complexity index is 552. The summed E-state index contributed by atoms with van der Waals surface area (Å²) in [5.74, 6) is -1.23. The van der Waals surface area contributed by atoms with Crippen LogP contribution in [0.5, 0.6) is 0 Å². The van der Waals surface area contributed by atoms with Gasteiger partial charge in [-0.15, -0.1) is 0 Å². The lowest BCUT2D eigenvalue weighted by Crippen LogP contribution is -2.15. The van der Waals surface area contributed by atoms with E-state index in [1.165, 1.54) is 24.3 Å². The maximum atomic E-state index is 11.9. The number of ether oxygens (including phenoxy) is 1. The normalized spacial score (nSPS) is 11.3. The molecule has 0 fully saturated rings. The van der Waals surface area contributed by atoms with Gasteiger partial charge in [0.15, 0.2) is 0 Å². The number of rotatable bonds is 6. The predicted molar refractivity (Wildman–Crippen MR) is 65.6 cm³/mol. The van der Waals surface area contributed by atoms with Crippen molar-refractivity contribution in [3.05, 3.63) is 34.4 Å². The third-order valence-electron chi connectivity index (χ3n) is 2.03. The van der Waals surface area contributed by atoms with Crippen molar-refractivity contribution in [2.45, 2.75) is 11.3 Å². The van der Waals surface area contributed by atoms with Crippen molar-refractivity contribution in [3.8, 4) is 6.07 Å². The number of hydrogen-bond donors (Lipinski definition) is 0. The second kappa shape index (κ2) is 7.23. The van der Waals surface area contributed by atoms with E-state index in [4.69, 9.17) is 5.26 Å². The molecule has 1 rings (SSSR count). The highest BCUT2D eigenvalue weighted by Crippen LogP contribution is 2.21. The van der Waals surface area contributed by atoms with Gasteiger partial charge in [-0.25, -0.2) is 0 Å². The first-order valence-electron chi connectivity index (χ1n) is 5.20. The Morgan fingerprint density at radius 2 is 2.16 bits per heavy atom. The summed E-state index contributed by atoms with van der Waals surface area (Å²) in [5.41, 5.74) is -0.300. The minimum atomic E-state index is -1.85. The number of hydrogen-bond acceptors (Lipinski definition) is 6. The molecule has 7 nitrogen and oxygen atoms in total. The maximum absolute atomic E-state index is 11.9. The second-order valence-electron chi connectivity index (χ2n) is 3.34. The summed E-state index contributed by atoms with van der Waals surface area (Å²) < 4.78 is 16.5. The van der Waals surface area contributed by atoms with Crippen molar-refractivity contribution in [2.75, 3.05) is 12.4 Å². The lowest BCUT2D eigenvalue weighted by Gasteiger charge is -2.03. The number of carbonyl (C=O) groups is 1. The van der Waals surface area contributed by atoms with E-state index in [0.29, 0.717) is 0 Å².